The van der Waals surface area contributed by atoms with Crippen LogP contribution in [0.3, 0.4) is 0 Å². The molecule has 0 aromatic carbocycles. The van der Waals surface area contributed by atoms with Gasteiger partial charge in [0.2, 0.25) is 0 Å². The number of hydrogen-bond donors (Lipinski definition) is 2. The van der Waals surface area contributed by atoms with E-state index >= 15 is 0 Å². The number of nitrogens with zero attached hydrogens (tertiary/aromatic N) is 1. The van der Waals surface area contributed by atoms with Crippen LogP contribution >= 0.6 is 11.3 Å². The van der Waals surface area contributed by atoms with E-state index in [0.29, 0.717) is 5.01 Å². The van der Waals surface area contributed by atoms with Crippen molar-refractivity contribution in [3.8, 4) is 0 Å². The second-order valence-corrected chi connectivity index (χ2v) is 3.67. The Labute approximate surface area is 77.7 Å². The van der Waals surface area contributed by atoms with Gasteiger partial charge in [-0.3, -0.25) is 4.79 Å². The minimum atomic E-state index is -1.18. The fourth-order valence-corrected chi connectivity index (χ4v) is 1.81. The van der Waals surface area contributed by atoms with Gasteiger partial charge in [-0.15, -0.1) is 11.3 Å². The lowest BCUT2D eigenvalue weighted by atomic mass is 10.3. The number of carboxylic acid groups (broad SMARTS) is 2. The van der Waals surface area contributed by atoms with E-state index in [2.05, 4.69) is 4.98 Å². The number of hydrogen-bond acceptors (Lipinski definition) is 4. The zero-order valence-corrected chi connectivity index (χ0v) is 7.59. The first kappa shape index (κ1) is 9.66. The maximum Gasteiger partial charge on any atom is 0.355 e. The van der Waals surface area contributed by atoms with Crippen molar-refractivity contribution < 1.29 is 19.8 Å². The van der Waals surface area contributed by atoms with Gasteiger partial charge in [0.25, 0.3) is 0 Å². The fourth-order valence-electron chi connectivity index (χ4n) is 0.893. The quantitative estimate of drug-likeness (QED) is 0.754. The van der Waals surface area contributed by atoms with E-state index in [1.165, 1.54) is 0 Å². The van der Waals surface area contributed by atoms with E-state index in [4.69, 9.17) is 10.2 Å². The van der Waals surface area contributed by atoms with Gasteiger partial charge in [-0.2, -0.15) is 0 Å². The van der Waals surface area contributed by atoms with Crippen LogP contribution in [0.5, 0.6) is 0 Å². The van der Waals surface area contributed by atoms with Crippen molar-refractivity contribution in [1.82, 2.24) is 4.98 Å². The van der Waals surface area contributed by atoms with E-state index in [-0.39, 0.29) is 17.0 Å². The molecule has 0 saturated carbocycles. The summed E-state index contributed by atoms with van der Waals surface area (Å²) in [5.74, 6) is -2.23. The van der Waals surface area contributed by atoms with Crippen LogP contribution in [0.2, 0.25) is 0 Å². The Bertz CT molecular complexity index is 357. The number of aryl methyl sites for hydroxylation is 1. The molecule has 0 aliphatic heterocycles. The summed E-state index contributed by atoms with van der Waals surface area (Å²) < 4.78 is 0. The van der Waals surface area contributed by atoms with Crippen molar-refractivity contribution in [3.63, 3.8) is 0 Å². The molecule has 6 heteroatoms. The fraction of sp³-hybridized carbons (Fsp3) is 0.286. The topological polar surface area (TPSA) is 87.5 Å². The number of thiazole rings is 1. The van der Waals surface area contributed by atoms with Crippen molar-refractivity contribution in [2.45, 2.75) is 13.3 Å². The molecule has 0 bridgehead atoms. The minimum absolute atomic E-state index is 0.148. The SMILES string of the molecule is Cc1nc(C(=O)O)c(CC(=O)O)s1. The Morgan fingerprint density at radius 1 is 1.46 bits per heavy atom. The summed E-state index contributed by atoms with van der Waals surface area (Å²) in [6.45, 7) is 1.64. The van der Waals surface area contributed by atoms with Crippen LogP contribution in [0.15, 0.2) is 0 Å². The molecular weight excluding hydrogens is 194 g/mol. The van der Waals surface area contributed by atoms with Gasteiger partial charge < -0.3 is 10.2 Å². The largest absolute Gasteiger partial charge is 0.481 e. The molecule has 1 aromatic heterocycles. The Hall–Kier alpha value is -1.43. The Morgan fingerprint density at radius 3 is 2.54 bits per heavy atom. The number of carboxylic acids is 2. The standard InChI is InChI=1S/C7H7NO4S/c1-3-8-6(7(11)12)4(13-3)2-5(9)10/h2H2,1H3,(H,9,10)(H,11,12). The number of aromatic carboxylic acids is 1. The molecule has 0 radical (unpaired) electrons. The predicted molar refractivity (Wildman–Crippen MR) is 45.2 cm³/mol. The highest BCUT2D eigenvalue weighted by Crippen LogP contribution is 2.18. The molecule has 0 saturated heterocycles. The molecule has 0 spiro atoms. The highest BCUT2D eigenvalue weighted by atomic mass is 32.1. The van der Waals surface area contributed by atoms with Gasteiger partial charge in [0, 0.05) is 0 Å². The molecule has 0 aliphatic carbocycles. The molecule has 5 nitrogen and oxygen atoms in total. The normalized spacial score (nSPS) is 9.92. The summed E-state index contributed by atoms with van der Waals surface area (Å²) in [5.41, 5.74) is -0.148. The third-order valence-electron chi connectivity index (χ3n) is 1.32. The van der Waals surface area contributed by atoms with Crippen molar-refractivity contribution in [1.29, 1.82) is 0 Å². The summed E-state index contributed by atoms with van der Waals surface area (Å²) in [4.78, 5) is 24.9. The van der Waals surface area contributed by atoms with Crippen LogP contribution in [-0.4, -0.2) is 27.1 Å². The van der Waals surface area contributed by atoms with Gasteiger partial charge in [0.15, 0.2) is 5.69 Å². The average molecular weight is 201 g/mol. The maximum absolute atomic E-state index is 10.6. The number of aromatic nitrogens is 1. The van der Waals surface area contributed by atoms with Crippen molar-refractivity contribution in [2.75, 3.05) is 0 Å². The van der Waals surface area contributed by atoms with Crippen molar-refractivity contribution >= 4 is 23.3 Å². The van der Waals surface area contributed by atoms with Crippen LogP contribution < -0.4 is 0 Å². The van der Waals surface area contributed by atoms with E-state index in [0.717, 1.165) is 11.3 Å². The number of rotatable bonds is 3. The third-order valence-corrected chi connectivity index (χ3v) is 2.29. The maximum atomic E-state index is 10.6. The zero-order chi connectivity index (χ0) is 10.0. The molecule has 0 amide bonds. The monoisotopic (exact) mass is 201 g/mol. The Kier molecular flexibility index (Phi) is 2.62. The summed E-state index contributed by atoms with van der Waals surface area (Å²) in [5, 5.41) is 17.7. The zero-order valence-electron chi connectivity index (χ0n) is 6.77. The van der Waals surface area contributed by atoms with Gasteiger partial charge >= 0.3 is 11.9 Å². The summed E-state index contributed by atoms with van der Waals surface area (Å²) in [6.07, 6.45) is -0.285. The lowest BCUT2D eigenvalue weighted by molar-refractivity contribution is -0.136. The smallest absolute Gasteiger partial charge is 0.355 e. The lowest BCUT2D eigenvalue weighted by Crippen LogP contribution is -2.05. The first-order chi connectivity index (χ1) is 6.00. The summed E-state index contributed by atoms with van der Waals surface area (Å²) >= 11 is 1.10. The molecule has 0 fully saturated rings. The second-order valence-electron chi connectivity index (χ2n) is 2.38. The molecular formula is C7H7NO4S. The second kappa shape index (κ2) is 3.53. The average Bonchev–Trinajstić information content (AvgIpc) is 2.29. The van der Waals surface area contributed by atoms with Gasteiger partial charge in [-0.05, 0) is 6.92 Å². The molecule has 1 heterocycles. The molecule has 1 aromatic rings. The molecule has 0 unspecified atom stereocenters. The molecule has 1 rings (SSSR count). The van der Waals surface area contributed by atoms with E-state index in [1.807, 2.05) is 0 Å². The molecule has 0 aliphatic rings. The van der Waals surface area contributed by atoms with E-state index in [1.54, 1.807) is 6.92 Å². The van der Waals surface area contributed by atoms with Gasteiger partial charge in [0.1, 0.15) is 0 Å². The Balaban J connectivity index is 3.04. The molecule has 13 heavy (non-hydrogen) atoms. The third kappa shape index (κ3) is 2.25. The van der Waals surface area contributed by atoms with E-state index in [9.17, 15) is 9.59 Å². The molecule has 0 atom stereocenters. The first-order valence-corrected chi connectivity index (χ1v) is 4.23. The molecule has 2 N–H and O–H groups in total. The number of carbonyl (C=O) groups is 2. The minimum Gasteiger partial charge on any atom is -0.481 e. The van der Waals surface area contributed by atoms with Crippen LogP contribution in [-0.2, 0) is 11.2 Å². The predicted octanol–water partition coefficient (Wildman–Crippen LogP) is 0.777. The van der Waals surface area contributed by atoms with Crippen LogP contribution in [0.1, 0.15) is 20.4 Å². The van der Waals surface area contributed by atoms with Gasteiger partial charge in [-0.1, -0.05) is 0 Å². The highest BCUT2D eigenvalue weighted by Gasteiger charge is 2.17. The van der Waals surface area contributed by atoms with Crippen molar-refractivity contribution in [2.24, 2.45) is 0 Å². The van der Waals surface area contributed by atoms with Crippen LogP contribution in [0.25, 0.3) is 0 Å². The van der Waals surface area contributed by atoms with E-state index < -0.39 is 11.9 Å². The molecule has 70 valence electrons. The van der Waals surface area contributed by atoms with Gasteiger partial charge in [0.05, 0.1) is 16.3 Å². The van der Waals surface area contributed by atoms with Crippen LogP contribution in [0, 0.1) is 6.92 Å². The lowest BCUT2D eigenvalue weighted by Gasteiger charge is -1.91. The first-order valence-electron chi connectivity index (χ1n) is 3.42. The number of aliphatic carboxylic acids is 1. The van der Waals surface area contributed by atoms with Crippen LogP contribution in [0.4, 0.5) is 0 Å². The Morgan fingerprint density at radius 2 is 2.08 bits per heavy atom. The van der Waals surface area contributed by atoms with Gasteiger partial charge in [-0.25, -0.2) is 9.78 Å². The summed E-state index contributed by atoms with van der Waals surface area (Å²) in [6, 6.07) is 0. The van der Waals surface area contributed by atoms with Crippen molar-refractivity contribution in [3.05, 3.63) is 15.6 Å². The highest BCUT2D eigenvalue weighted by molar-refractivity contribution is 7.12. The summed E-state index contributed by atoms with van der Waals surface area (Å²) in [7, 11) is 0.